The predicted molar refractivity (Wildman–Crippen MR) is 151 cm³/mol. The smallest absolute Gasteiger partial charge is 0.257 e. The lowest BCUT2D eigenvalue weighted by Crippen LogP contribution is -2.52. The van der Waals surface area contributed by atoms with Gasteiger partial charge in [0.05, 0.1) is 25.5 Å². The first-order valence-electron chi connectivity index (χ1n) is 13.5. The van der Waals surface area contributed by atoms with Crippen LogP contribution in [0.2, 0.25) is 0 Å². The van der Waals surface area contributed by atoms with Gasteiger partial charge in [0.2, 0.25) is 5.91 Å². The van der Waals surface area contributed by atoms with Gasteiger partial charge in [-0.05, 0) is 42.3 Å². The highest BCUT2D eigenvalue weighted by Crippen LogP contribution is 2.32. The third-order valence-electron chi connectivity index (χ3n) is 7.24. The number of hydrogen-bond donors (Lipinski definition) is 0. The van der Waals surface area contributed by atoms with Crippen molar-refractivity contribution in [3.63, 3.8) is 0 Å². The quantitative estimate of drug-likeness (QED) is 0.376. The van der Waals surface area contributed by atoms with E-state index in [4.69, 9.17) is 9.47 Å². The van der Waals surface area contributed by atoms with E-state index < -0.39 is 11.7 Å². The molecule has 0 aliphatic carbocycles. The molecule has 1 atom stereocenters. The number of halogens is 1. The molecular formula is C30H36FN5O4. The van der Waals surface area contributed by atoms with Crippen molar-refractivity contribution in [3.8, 4) is 22.8 Å². The molecule has 1 aliphatic rings. The first-order chi connectivity index (χ1) is 19.3. The van der Waals surface area contributed by atoms with Gasteiger partial charge in [-0.3, -0.25) is 9.59 Å². The number of amides is 2. The topological polar surface area (TPSA) is 88.1 Å². The highest BCUT2D eigenvalue weighted by Gasteiger charge is 2.27. The minimum Gasteiger partial charge on any atom is -0.497 e. The zero-order valence-corrected chi connectivity index (χ0v) is 23.5. The minimum absolute atomic E-state index is 0.0160. The summed E-state index contributed by atoms with van der Waals surface area (Å²) >= 11 is 0. The maximum absolute atomic E-state index is 14.3. The van der Waals surface area contributed by atoms with Gasteiger partial charge in [0.25, 0.3) is 5.91 Å². The van der Waals surface area contributed by atoms with E-state index in [-0.39, 0.29) is 23.9 Å². The van der Waals surface area contributed by atoms with E-state index in [1.165, 1.54) is 17.0 Å². The Morgan fingerprint density at radius 1 is 1.00 bits per heavy atom. The summed E-state index contributed by atoms with van der Waals surface area (Å²) in [5, 5.41) is 8.82. The van der Waals surface area contributed by atoms with Crippen LogP contribution in [0.5, 0.6) is 11.5 Å². The molecule has 4 rings (SSSR count). The Balaban J connectivity index is 1.38. The fourth-order valence-corrected chi connectivity index (χ4v) is 4.63. The predicted octanol–water partition coefficient (Wildman–Crippen LogP) is 4.14. The standard InChI is InChI=1S/C30H36FN5O4/c1-5-21(2)19-36(30(38)23-8-6-7-9-25(23)31)20-29(37)35-16-14-34(15-17-35)28-13-12-26(32-33-28)24-11-10-22(39-3)18-27(24)40-4/h6-13,18,21H,5,14-17,19-20H2,1-4H3/t21-/m1/s1. The Kier molecular flexibility index (Phi) is 9.52. The van der Waals surface area contributed by atoms with Gasteiger partial charge in [-0.25, -0.2) is 4.39 Å². The normalized spacial score (nSPS) is 14.0. The lowest BCUT2D eigenvalue weighted by atomic mass is 10.1. The Morgan fingerprint density at radius 2 is 1.75 bits per heavy atom. The molecule has 212 valence electrons. The van der Waals surface area contributed by atoms with Crippen LogP contribution >= 0.6 is 0 Å². The van der Waals surface area contributed by atoms with Crippen molar-refractivity contribution < 1.29 is 23.5 Å². The van der Waals surface area contributed by atoms with Gasteiger partial charge in [-0.2, -0.15) is 0 Å². The SMILES string of the molecule is CC[C@@H](C)CN(CC(=O)N1CCN(c2ccc(-c3ccc(OC)cc3OC)nn2)CC1)C(=O)c1ccccc1F. The molecule has 3 aromatic rings. The summed E-state index contributed by atoms with van der Waals surface area (Å²) < 4.78 is 25.1. The van der Waals surface area contributed by atoms with Crippen molar-refractivity contribution in [2.24, 2.45) is 5.92 Å². The van der Waals surface area contributed by atoms with Crippen molar-refractivity contribution >= 4 is 17.6 Å². The summed E-state index contributed by atoms with van der Waals surface area (Å²) in [5.74, 6) is 1.04. The molecule has 0 spiro atoms. The Bertz CT molecular complexity index is 1310. The lowest BCUT2D eigenvalue weighted by Gasteiger charge is -2.36. The number of rotatable bonds is 10. The summed E-state index contributed by atoms with van der Waals surface area (Å²) in [5.41, 5.74) is 1.47. The average Bonchev–Trinajstić information content (AvgIpc) is 3.00. The minimum atomic E-state index is -0.583. The zero-order chi connectivity index (χ0) is 28.6. The highest BCUT2D eigenvalue weighted by molar-refractivity contribution is 5.96. The first kappa shape index (κ1) is 28.8. The summed E-state index contributed by atoms with van der Waals surface area (Å²) in [6.45, 7) is 6.48. The van der Waals surface area contributed by atoms with Gasteiger partial charge in [0, 0.05) is 44.4 Å². The number of ether oxygens (including phenoxy) is 2. The van der Waals surface area contributed by atoms with E-state index in [0.29, 0.717) is 49.9 Å². The maximum Gasteiger partial charge on any atom is 0.257 e. The number of carbonyl (C=O) groups is 2. The summed E-state index contributed by atoms with van der Waals surface area (Å²) in [7, 11) is 3.20. The van der Waals surface area contributed by atoms with Crippen molar-refractivity contribution in [2.45, 2.75) is 20.3 Å². The summed E-state index contributed by atoms with van der Waals surface area (Å²) in [6.07, 6.45) is 0.846. The van der Waals surface area contributed by atoms with E-state index in [9.17, 15) is 14.0 Å². The van der Waals surface area contributed by atoms with Crippen molar-refractivity contribution in [1.29, 1.82) is 0 Å². The lowest BCUT2D eigenvalue weighted by molar-refractivity contribution is -0.132. The molecule has 0 bridgehead atoms. The molecule has 1 aliphatic heterocycles. The molecule has 0 saturated carbocycles. The highest BCUT2D eigenvalue weighted by atomic mass is 19.1. The van der Waals surface area contributed by atoms with Crippen LogP contribution in [0.1, 0.15) is 30.6 Å². The number of nitrogens with zero attached hydrogens (tertiary/aromatic N) is 5. The molecule has 0 N–H and O–H groups in total. The van der Waals surface area contributed by atoms with E-state index in [1.54, 1.807) is 37.3 Å². The number of benzene rings is 2. The molecule has 1 fully saturated rings. The van der Waals surface area contributed by atoms with Gasteiger partial charge in [-0.15, -0.1) is 10.2 Å². The molecule has 1 saturated heterocycles. The van der Waals surface area contributed by atoms with Crippen LogP contribution in [0.4, 0.5) is 10.2 Å². The van der Waals surface area contributed by atoms with Crippen LogP contribution in [0.15, 0.2) is 54.6 Å². The molecule has 0 radical (unpaired) electrons. The fourth-order valence-electron chi connectivity index (χ4n) is 4.63. The second-order valence-corrected chi connectivity index (χ2v) is 9.89. The van der Waals surface area contributed by atoms with Crippen LogP contribution in [0.25, 0.3) is 11.3 Å². The number of carbonyl (C=O) groups excluding carboxylic acids is 2. The van der Waals surface area contributed by atoms with Crippen LogP contribution in [0.3, 0.4) is 0 Å². The molecule has 2 aromatic carbocycles. The Labute approximate surface area is 234 Å². The van der Waals surface area contributed by atoms with Gasteiger partial charge in [0.15, 0.2) is 5.82 Å². The molecular weight excluding hydrogens is 513 g/mol. The van der Waals surface area contributed by atoms with Gasteiger partial charge < -0.3 is 24.2 Å². The molecule has 1 aromatic heterocycles. The second kappa shape index (κ2) is 13.2. The Hall–Kier alpha value is -4.21. The van der Waals surface area contributed by atoms with Crippen molar-refractivity contribution in [3.05, 3.63) is 66.0 Å². The summed E-state index contributed by atoms with van der Waals surface area (Å²) in [4.78, 5) is 31.7. The molecule has 2 heterocycles. The van der Waals surface area contributed by atoms with Crippen LogP contribution in [-0.2, 0) is 4.79 Å². The van der Waals surface area contributed by atoms with E-state index >= 15 is 0 Å². The third-order valence-corrected chi connectivity index (χ3v) is 7.24. The maximum atomic E-state index is 14.3. The largest absolute Gasteiger partial charge is 0.497 e. The summed E-state index contributed by atoms with van der Waals surface area (Å²) in [6, 6.07) is 15.2. The zero-order valence-electron chi connectivity index (χ0n) is 23.5. The number of piperazine rings is 1. The monoisotopic (exact) mass is 549 g/mol. The number of hydrogen-bond acceptors (Lipinski definition) is 7. The second-order valence-electron chi connectivity index (χ2n) is 9.89. The number of anilines is 1. The van der Waals surface area contributed by atoms with Gasteiger partial charge in [-0.1, -0.05) is 32.4 Å². The van der Waals surface area contributed by atoms with E-state index in [1.807, 2.05) is 38.1 Å². The molecule has 0 unspecified atom stereocenters. The van der Waals surface area contributed by atoms with Gasteiger partial charge in [0.1, 0.15) is 23.9 Å². The third kappa shape index (κ3) is 6.67. The van der Waals surface area contributed by atoms with Crippen molar-refractivity contribution in [2.75, 3.05) is 58.4 Å². The van der Waals surface area contributed by atoms with Crippen LogP contribution < -0.4 is 14.4 Å². The van der Waals surface area contributed by atoms with E-state index in [2.05, 4.69) is 15.1 Å². The van der Waals surface area contributed by atoms with Crippen LogP contribution in [-0.4, -0.2) is 85.3 Å². The molecule has 2 amide bonds. The fraction of sp³-hybridized carbons (Fsp3) is 0.400. The van der Waals surface area contributed by atoms with Crippen molar-refractivity contribution in [1.82, 2.24) is 20.0 Å². The number of methoxy groups -OCH3 is 2. The molecule has 9 nitrogen and oxygen atoms in total. The number of aromatic nitrogens is 2. The van der Waals surface area contributed by atoms with Gasteiger partial charge >= 0.3 is 0 Å². The molecule has 10 heteroatoms. The first-order valence-corrected chi connectivity index (χ1v) is 13.5. The average molecular weight is 550 g/mol. The molecule has 40 heavy (non-hydrogen) atoms. The van der Waals surface area contributed by atoms with Crippen LogP contribution in [0, 0.1) is 11.7 Å². The Morgan fingerprint density at radius 3 is 2.38 bits per heavy atom. The van der Waals surface area contributed by atoms with E-state index in [0.717, 1.165) is 17.8 Å².